The first kappa shape index (κ1) is 20.1. The van der Waals surface area contributed by atoms with Crippen LogP contribution in [0.3, 0.4) is 0 Å². The van der Waals surface area contributed by atoms with Crippen molar-refractivity contribution < 1.29 is 23.7 Å². The predicted octanol–water partition coefficient (Wildman–Crippen LogP) is 4.41. The molecule has 29 heavy (non-hydrogen) atoms. The quantitative estimate of drug-likeness (QED) is 0.677. The Morgan fingerprint density at radius 3 is 2.10 bits per heavy atom. The fourth-order valence-corrected chi connectivity index (χ4v) is 4.02. The molecule has 2 aromatic carbocycles. The van der Waals surface area contributed by atoms with E-state index in [1.54, 1.807) is 0 Å². The van der Waals surface area contributed by atoms with Crippen LogP contribution in [0.2, 0.25) is 0 Å². The molecule has 2 fully saturated rings. The summed E-state index contributed by atoms with van der Waals surface area (Å²) >= 11 is 0. The minimum absolute atomic E-state index is 0.177. The fourth-order valence-electron chi connectivity index (χ4n) is 4.02. The summed E-state index contributed by atoms with van der Waals surface area (Å²) in [6, 6.07) is 20.2. The first-order valence-corrected chi connectivity index (χ1v) is 10.3. The number of esters is 1. The first-order chi connectivity index (χ1) is 14.0. The summed E-state index contributed by atoms with van der Waals surface area (Å²) in [7, 11) is 0. The minimum Gasteiger partial charge on any atom is -0.459 e. The summed E-state index contributed by atoms with van der Waals surface area (Å²) in [5, 5.41) is 0. The molecule has 0 saturated carbocycles. The second-order valence-corrected chi connectivity index (χ2v) is 8.09. The molecule has 0 amide bonds. The van der Waals surface area contributed by atoms with Crippen LogP contribution in [0.25, 0.3) is 0 Å². The number of rotatable bonds is 6. The zero-order valence-corrected chi connectivity index (χ0v) is 17.0. The van der Waals surface area contributed by atoms with E-state index in [9.17, 15) is 4.79 Å². The summed E-state index contributed by atoms with van der Waals surface area (Å²) in [5.74, 6) is -0.857. The SMILES string of the molecule is CC1(C)OC[C@H]([C@@H](OC(c2ccccc2)c2ccccc2)[C@@H]2CCCC(=O)O2)O1. The highest BCUT2D eigenvalue weighted by Gasteiger charge is 2.44. The number of hydrogen-bond donors (Lipinski definition) is 0. The van der Waals surface area contributed by atoms with Gasteiger partial charge in [-0.1, -0.05) is 60.7 Å². The monoisotopic (exact) mass is 396 g/mol. The molecule has 0 bridgehead atoms. The second kappa shape index (κ2) is 8.66. The maximum Gasteiger partial charge on any atom is 0.306 e. The van der Waals surface area contributed by atoms with Gasteiger partial charge in [-0.3, -0.25) is 4.79 Å². The van der Waals surface area contributed by atoms with Crippen molar-refractivity contribution in [2.75, 3.05) is 6.61 Å². The van der Waals surface area contributed by atoms with E-state index in [2.05, 4.69) is 24.3 Å². The summed E-state index contributed by atoms with van der Waals surface area (Å²) in [6.07, 6.45) is 0.623. The largest absolute Gasteiger partial charge is 0.459 e. The summed E-state index contributed by atoms with van der Waals surface area (Å²) < 4.78 is 24.3. The van der Waals surface area contributed by atoms with Gasteiger partial charge in [-0.2, -0.15) is 0 Å². The second-order valence-electron chi connectivity index (χ2n) is 8.09. The Kier molecular flexibility index (Phi) is 5.99. The lowest BCUT2D eigenvalue weighted by Gasteiger charge is -2.36. The number of benzene rings is 2. The van der Waals surface area contributed by atoms with Crippen molar-refractivity contribution in [2.45, 2.75) is 63.3 Å². The molecule has 5 nitrogen and oxygen atoms in total. The van der Waals surface area contributed by atoms with E-state index >= 15 is 0 Å². The number of carbonyl (C=O) groups is 1. The Bertz CT molecular complexity index is 765. The highest BCUT2D eigenvalue weighted by atomic mass is 16.8. The highest BCUT2D eigenvalue weighted by Crippen LogP contribution is 2.35. The van der Waals surface area contributed by atoms with Crippen LogP contribution in [-0.2, 0) is 23.7 Å². The zero-order chi connectivity index (χ0) is 20.3. The van der Waals surface area contributed by atoms with Gasteiger partial charge < -0.3 is 18.9 Å². The third-order valence-corrected chi connectivity index (χ3v) is 5.41. The van der Waals surface area contributed by atoms with Crippen molar-refractivity contribution in [1.29, 1.82) is 0 Å². The first-order valence-electron chi connectivity index (χ1n) is 10.3. The molecule has 3 atom stereocenters. The van der Waals surface area contributed by atoms with Crippen molar-refractivity contribution in [1.82, 2.24) is 0 Å². The maximum atomic E-state index is 12.0. The van der Waals surface area contributed by atoms with Crippen molar-refractivity contribution >= 4 is 5.97 Å². The lowest BCUT2D eigenvalue weighted by molar-refractivity contribution is -0.193. The van der Waals surface area contributed by atoms with Gasteiger partial charge in [-0.15, -0.1) is 0 Å². The van der Waals surface area contributed by atoms with E-state index in [1.807, 2.05) is 50.2 Å². The Hall–Kier alpha value is -2.21. The van der Waals surface area contributed by atoms with Gasteiger partial charge in [0.05, 0.1) is 6.61 Å². The predicted molar refractivity (Wildman–Crippen MR) is 108 cm³/mol. The van der Waals surface area contributed by atoms with E-state index in [-0.39, 0.29) is 24.3 Å². The Morgan fingerprint density at radius 2 is 1.59 bits per heavy atom. The Balaban J connectivity index is 1.65. The van der Waals surface area contributed by atoms with Gasteiger partial charge in [-0.25, -0.2) is 0 Å². The molecule has 0 aliphatic carbocycles. The normalized spacial score (nSPS) is 25.0. The van der Waals surface area contributed by atoms with Gasteiger partial charge in [-0.05, 0) is 37.8 Å². The molecule has 2 aliphatic rings. The molecule has 4 rings (SSSR count). The number of cyclic esters (lactones) is 1. The van der Waals surface area contributed by atoms with E-state index < -0.39 is 11.9 Å². The van der Waals surface area contributed by atoms with Crippen molar-refractivity contribution in [2.24, 2.45) is 0 Å². The number of carbonyl (C=O) groups excluding carboxylic acids is 1. The molecule has 0 spiro atoms. The molecule has 2 heterocycles. The van der Waals surface area contributed by atoms with Gasteiger partial charge in [0.2, 0.25) is 0 Å². The molecular formula is C24H28O5. The molecule has 5 heteroatoms. The molecular weight excluding hydrogens is 368 g/mol. The number of hydrogen-bond acceptors (Lipinski definition) is 5. The third kappa shape index (κ3) is 4.86. The van der Waals surface area contributed by atoms with E-state index in [4.69, 9.17) is 18.9 Å². The minimum atomic E-state index is -0.681. The highest BCUT2D eigenvalue weighted by molar-refractivity contribution is 5.70. The van der Waals surface area contributed by atoms with Gasteiger partial charge in [0.25, 0.3) is 0 Å². The Morgan fingerprint density at radius 1 is 0.966 bits per heavy atom. The molecule has 0 unspecified atom stereocenters. The number of ether oxygens (including phenoxy) is 4. The van der Waals surface area contributed by atoms with E-state index in [0.29, 0.717) is 13.0 Å². The fraction of sp³-hybridized carbons (Fsp3) is 0.458. The summed E-state index contributed by atoms with van der Waals surface area (Å²) in [6.45, 7) is 4.19. The lowest BCUT2D eigenvalue weighted by Crippen LogP contribution is -2.46. The molecule has 154 valence electrons. The molecule has 2 saturated heterocycles. The topological polar surface area (TPSA) is 54.0 Å². The van der Waals surface area contributed by atoms with Crippen molar-refractivity contribution in [3.05, 3.63) is 71.8 Å². The molecule has 0 radical (unpaired) electrons. The lowest BCUT2D eigenvalue weighted by atomic mass is 9.97. The van der Waals surface area contributed by atoms with Crippen LogP contribution < -0.4 is 0 Å². The van der Waals surface area contributed by atoms with Crippen molar-refractivity contribution in [3.63, 3.8) is 0 Å². The van der Waals surface area contributed by atoms with Gasteiger partial charge in [0, 0.05) is 6.42 Å². The average Bonchev–Trinajstić information content (AvgIpc) is 3.09. The van der Waals surface area contributed by atoms with Crippen molar-refractivity contribution in [3.8, 4) is 0 Å². The van der Waals surface area contributed by atoms with Crippen LogP contribution in [-0.4, -0.2) is 36.7 Å². The maximum absolute atomic E-state index is 12.0. The van der Waals surface area contributed by atoms with Crippen LogP contribution in [0.4, 0.5) is 0 Å². The zero-order valence-electron chi connectivity index (χ0n) is 17.0. The van der Waals surface area contributed by atoms with Crippen LogP contribution in [0.15, 0.2) is 60.7 Å². The van der Waals surface area contributed by atoms with E-state index in [1.165, 1.54) is 0 Å². The summed E-state index contributed by atoms with van der Waals surface area (Å²) in [4.78, 5) is 12.0. The average molecular weight is 396 g/mol. The third-order valence-electron chi connectivity index (χ3n) is 5.41. The molecule has 0 N–H and O–H groups in total. The van der Waals surface area contributed by atoms with Crippen LogP contribution >= 0.6 is 0 Å². The van der Waals surface area contributed by atoms with Gasteiger partial charge >= 0.3 is 5.97 Å². The standard InChI is InChI=1S/C24H28O5/c1-24(2)26-16-20(29-24)23(19-14-9-15-21(25)27-19)28-22(17-10-5-3-6-11-17)18-12-7-4-8-13-18/h3-8,10-13,19-20,22-23H,9,14-16H2,1-2H3/t19-,20+,23-/m0/s1. The molecule has 2 aromatic rings. The smallest absolute Gasteiger partial charge is 0.306 e. The Labute approximate surface area is 171 Å². The van der Waals surface area contributed by atoms with Crippen LogP contribution in [0, 0.1) is 0 Å². The van der Waals surface area contributed by atoms with E-state index in [0.717, 1.165) is 24.0 Å². The van der Waals surface area contributed by atoms with Crippen LogP contribution in [0.5, 0.6) is 0 Å². The van der Waals surface area contributed by atoms with Gasteiger partial charge in [0.15, 0.2) is 5.79 Å². The summed E-state index contributed by atoms with van der Waals surface area (Å²) in [5.41, 5.74) is 2.09. The van der Waals surface area contributed by atoms with Crippen LogP contribution in [0.1, 0.15) is 50.3 Å². The molecule has 0 aromatic heterocycles. The molecule has 2 aliphatic heterocycles. The van der Waals surface area contributed by atoms with Gasteiger partial charge in [0.1, 0.15) is 24.4 Å².